The molecule has 0 aliphatic heterocycles. The lowest BCUT2D eigenvalue weighted by molar-refractivity contribution is -0.139. The number of carboxylic acids is 1. The van der Waals surface area contributed by atoms with Crippen molar-refractivity contribution >= 4 is 11.9 Å². The fraction of sp³-hybridized carbons (Fsp3) is 0.273. The van der Waals surface area contributed by atoms with E-state index in [1.165, 1.54) is 0 Å². The highest BCUT2D eigenvalue weighted by Gasteiger charge is 2.19. The Hall–Kier alpha value is -1.98. The van der Waals surface area contributed by atoms with Crippen LogP contribution < -0.4 is 5.32 Å². The van der Waals surface area contributed by atoms with E-state index >= 15 is 0 Å². The fourth-order valence-corrected chi connectivity index (χ4v) is 1.26. The first kappa shape index (κ1) is 13.1. The molecule has 17 heavy (non-hydrogen) atoms. The number of carbonyl (C=O) groups is 2. The molecule has 0 bridgehead atoms. The summed E-state index contributed by atoms with van der Waals surface area (Å²) in [6.45, 7) is 1.57. The summed E-state index contributed by atoms with van der Waals surface area (Å²) in [5, 5.41) is 10.9. The number of benzene rings is 1. The second-order valence-corrected chi connectivity index (χ2v) is 3.43. The van der Waals surface area contributed by atoms with Crippen LogP contribution in [0.3, 0.4) is 0 Å². The molecule has 0 aromatic heterocycles. The van der Waals surface area contributed by atoms with Crippen molar-refractivity contribution in [2.24, 2.45) is 0 Å². The third kappa shape index (κ3) is 3.51. The molecule has 6 heteroatoms. The molecule has 2 N–H and O–H groups in total. The van der Waals surface area contributed by atoms with E-state index in [1.807, 2.05) is 0 Å². The smallest absolute Gasteiger partial charge is 0.326 e. The Kier molecular flexibility index (Phi) is 4.14. The summed E-state index contributed by atoms with van der Waals surface area (Å²) in [4.78, 5) is 22.2. The molecule has 0 heterocycles. The largest absolute Gasteiger partial charge is 0.480 e. The first-order valence-corrected chi connectivity index (χ1v) is 4.93. The van der Waals surface area contributed by atoms with Gasteiger partial charge < -0.3 is 10.4 Å². The van der Waals surface area contributed by atoms with Gasteiger partial charge in [0.05, 0.1) is 0 Å². The normalized spacial score (nSPS) is 11.9. The van der Waals surface area contributed by atoms with Gasteiger partial charge in [-0.05, 0) is 18.6 Å². The van der Waals surface area contributed by atoms with Gasteiger partial charge >= 0.3 is 5.97 Å². The molecule has 1 amide bonds. The van der Waals surface area contributed by atoms with E-state index in [1.54, 1.807) is 6.92 Å². The number of amides is 1. The van der Waals surface area contributed by atoms with Gasteiger partial charge in [0.15, 0.2) is 0 Å². The van der Waals surface area contributed by atoms with Crippen molar-refractivity contribution in [3.05, 3.63) is 35.4 Å². The molecule has 0 aliphatic rings. The lowest BCUT2D eigenvalue weighted by Gasteiger charge is -2.12. The summed E-state index contributed by atoms with van der Waals surface area (Å²) in [6.07, 6.45) is 0.179. The number of halogens is 2. The predicted octanol–water partition coefficient (Wildman–Crippen LogP) is 1.56. The minimum atomic E-state index is -1.20. The van der Waals surface area contributed by atoms with Gasteiger partial charge in [0.2, 0.25) is 0 Å². The molecule has 1 atom stereocenters. The maximum atomic E-state index is 12.8. The van der Waals surface area contributed by atoms with E-state index < -0.39 is 29.6 Å². The Balaban J connectivity index is 2.86. The lowest BCUT2D eigenvalue weighted by atomic mass is 10.1. The quantitative estimate of drug-likeness (QED) is 0.843. The van der Waals surface area contributed by atoms with E-state index in [9.17, 15) is 18.4 Å². The van der Waals surface area contributed by atoms with Crippen LogP contribution in [-0.2, 0) is 4.79 Å². The maximum absolute atomic E-state index is 12.8. The Morgan fingerprint density at radius 3 is 2.24 bits per heavy atom. The van der Waals surface area contributed by atoms with Crippen molar-refractivity contribution < 1.29 is 23.5 Å². The molecule has 0 radical (unpaired) electrons. The molecular weight excluding hydrogens is 232 g/mol. The predicted molar refractivity (Wildman–Crippen MR) is 55.5 cm³/mol. The van der Waals surface area contributed by atoms with Crippen molar-refractivity contribution in [3.63, 3.8) is 0 Å². The first-order chi connectivity index (χ1) is 7.93. The monoisotopic (exact) mass is 243 g/mol. The summed E-state index contributed by atoms with van der Waals surface area (Å²) in [7, 11) is 0. The lowest BCUT2D eigenvalue weighted by Crippen LogP contribution is -2.40. The van der Waals surface area contributed by atoms with E-state index in [0.717, 1.165) is 12.1 Å². The second kappa shape index (κ2) is 5.38. The van der Waals surface area contributed by atoms with Gasteiger partial charge in [-0.3, -0.25) is 4.79 Å². The number of rotatable bonds is 4. The van der Waals surface area contributed by atoms with E-state index in [-0.39, 0.29) is 12.0 Å². The zero-order chi connectivity index (χ0) is 13.0. The highest BCUT2D eigenvalue weighted by Crippen LogP contribution is 2.08. The van der Waals surface area contributed by atoms with E-state index in [4.69, 9.17) is 5.11 Å². The van der Waals surface area contributed by atoms with Crippen molar-refractivity contribution in [3.8, 4) is 0 Å². The molecule has 1 aromatic carbocycles. The SMILES string of the molecule is CC[C@H](NC(=O)c1cc(F)cc(F)c1)C(=O)O. The minimum absolute atomic E-state index is 0.179. The Labute approximate surface area is 96.3 Å². The molecule has 0 spiro atoms. The van der Waals surface area contributed by atoms with E-state index in [0.29, 0.717) is 6.07 Å². The number of aliphatic carboxylic acids is 1. The zero-order valence-electron chi connectivity index (χ0n) is 9.04. The van der Waals surface area contributed by atoms with Gasteiger partial charge in [-0.2, -0.15) is 0 Å². The average molecular weight is 243 g/mol. The molecule has 1 aromatic rings. The minimum Gasteiger partial charge on any atom is -0.480 e. The number of hydrogen-bond donors (Lipinski definition) is 2. The van der Waals surface area contributed by atoms with Crippen LogP contribution in [0.25, 0.3) is 0 Å². The Morgan fingerprint density at radius 2 is 1.82 bits per heavy atom. The average Bonchev–Trinajstić information content (AvgIpc) is 2.23. The molecule has 0 unspecified atom stereocenters. The number of carbonyl (C=O) groups excluding carboxylic acids is 1. The standard InChI is InChI=1S/C11H11F2NO3/c1-2-9(11(16)17)14-10(15)6-3-7(12)5-8(13)4-6/h3-5,9H,2H2,1H3,(H,14,15)(H,16,17)/t9-/m0/s1. The van der Waals surface area contributed by atoms with Gasteiger partial charge in [-0.1, -0.05) is 6.92 Å². The molecule has 0 fully saturated rings. The summed E-state index contributed by atoms with van der Waals surface area (Å²) in [6, 6.07) is 1.24. The molecule has 4 nitrogen and oxygen atoms in total. The summed E-state index contributed by atoms with van der Waals surface area (Å²) in [5.41, 5.74) is -0.248. The number of nitrogens with one attached hydrogen (secondary N) is 1. The van der Waals surface area contributed by atoms with Gasteiger partial charge in [-0.25, -0.2) is 13.6 Å². The topological polar surface area (TPSA) is 66.4 Å². The summed E-state index contributed by atoms with van der Waals surface area (Å²) < 4.78 is 25.7. The van der Waals surface area contributed by atoms with Gasteiger partial charge in [0.25, 0.3) is 5.91 Å². The van der Waals surface area contributed by atoms with Crippen LogP contribution >= 0.6 is 0 Å². The molecular formula is C11H11F2NO3. The molecule has 0 aliphatic carbocycles. The Morgan fingerprint density at radius 1 is 1.29 bits per heavy atom. The van der Waals surface area contributed by atoms with Gasteiger partial charge in [-0.15, -0.1) is 0 Å². The molecule has 0 saturated heterocycles. The van der Waals surface area contributed by atoms with Crippen LogP contribution in [0.1, 0.15) is 23.7 Å². The highest BCUT2D eigenvalue weighted by molar-refractivity contribution is 5.96. The van der Waals surface area contributed by atoms with Gasteiger partial charge in [0.1, 0.15) is 17.7 Å². The maximum Gasteiger partial charge on any atom is 0.326 e. The van der Waals surface area contributed by atoms with Gasteiger partial charge in [0, 0.05) is 11.6 Å². The van der Waals surface area contributed by atoms with Crippen LogP contribution in [0.2, 0.25) is 0 Å². The molecule has 0 saturated carbocycles. The fourth-order valence-electron chi connectivity index (χ4n) is 1.26. The molecule has 1 rings (SSSR count). The van der Waals surface area contributed by atoms with E-state index in [2.05, 4.69) is 5.32 Å². The first-order valence-electron chi connectivity index (χ1n) is 4.93. The summed E-state index contributed by atoms with van der Waals surface area (Å²) in [5.74, 6) is -3.80. The highest BCUT2D eigenvalue weighted by atomic mass is 19.1. The van der Waals surface area contributed by atoms with Crippen LogP contribution in [-0.4, -0.2) is 23.0 Å². The third-order valence-electron chi connectivity index (χ3n) is 2.14. The van der Waals surface area contributed by atoms with Crippen molar-refractivity contribution in [2.75, 3.05) is 0 Å². The van der Waals surface area contributed by atoms with Crippen molar-refractivity contribution in [1.82, 2.24) is 5.32 Å². The van der Waals surface area contributed by atoms with Crippen LogP contribution in [0.5, 0.6) is 0 Å². The summed E-state index contributed by atoms with van der Waals surface area (Å²) >= 11 is 0. The number of hydrogen-bond acceptors (Lipinski definition) is 2. The van der Waals surface area contributed by atoms with Crippen molar-refractivity contribution in [2.45, 2.75) is 19.4 Å². The second-order valence-electron chi connectivity index (χ2n) is 3.43. The van der Waals surface area contributed by atoms with Crippen LogP contribution in [0, 0.1) is 11.6 Å². The third-order valence-corrected chi connectivity index (χ3v) is 2.14. The number of carboxylic acid groups (broad SMARTS) is 1. The van der Waals surface area contributed by atoms with Crippen LogP contribution in [0.4, 0.5) is 8.78 Å². The molecule has 92 valence electrons. The van der Waals surface area contributed by atoms with Crippen molar-refractivity contribution in [1.29, 1.82) is 0 Å². The Bertz CT molecular complexity index is 428. The van der Waals surface area contributed by atoms with Crippen LogP contribution in [0.15, 0.2) is 18.2 Å². The zero-order valence-corrected chi connectivity index (χ0v) is 9.04.